The van der Waals surface area contributed by atoms with Crippen LogP contribution in [0.3, 0.4) is 0 Å². The number of aryl methyl sites for hydroxylation is 1. The van der Waals surface area contributed by atoms with Crippen LogP contribution in [0.15, 0.2) is 42.5 Å². The number of benzene rings is 2. The molecule has 0 heterocycles. The van der Waals surface area contributed by atoms with Crippen LogP contribution in [0.2, 0.25) is 0 Å². The van der Waals surface area contributed by atoms with E-state index in [9.17, 15) is 0 Å². The monoisotopic (exact) mass is 402 g/mol. The summed E-state index contributed by atoms with van der Waals surface area (Å²) in [5.41, 5.74) is 2.42. The van der Waals surface area contributed by atoms with Crippen molar-refractivity contribution in [1.29, 1.82) is 0 Å². The van der Waals surface area contributed by atoms with Crippen molar-refractivity contribution in [2.75, 3.05) is 0 Å². The summed E-state index contributed by atoms with van der Waals surface area (Å²) >= 11 is 5.77. The molecule has 3 heteroatoms. The van der Waals surface area contributed by atoms with Gasteiger partial charge in [0.25, 0.3) is 0 Å². The first kappa shape index (κ1) is 12.9. The lowest BCUT2D eigenvalue weighted by atomic mass is 10.1. The van der Waals surface area contributed by atoms with Crippen LogP contribution in [0.25, 0.3) is 0 Å². The Morgan fingerprint density at radius 2 is 2.00 bits per heavy atom. The van der Waals surface area contributed by atoms with E-state index in [4.69, 9.17) is 4.74 Å². The summed E-state index contributed by atoms with van der Waals surface area (Å²) in [6.07, 6.45) is 0. The lowest BCUT2D eigenvalue weighted by Crippen LogP contribution is -1.90. The molecule has 0 saturated carbocycles. The van der Waals surface area contributed by atoms with Crippen LogP contribution in [0.5, 0.6) is 11.5 Å². The fraction of sp³-hybridized carbons (Fsp3) is 0.143. The van der Waals surface area contributed by atoms with Crippen molar-refractivity contribution >= 4 is 38.5 Å². The maximum atomic E-state index is 5.90. The van der Waals surface area contributed by atoms with E-state index < -0.39 is 0 Å². The van der Waals surface area contributed by atoms with Crippen molar-refractivity contribution in [3.05, 3.63) is 57.2 Å². The van der Waals surface area contributed by atoms with Gasteiger partial charge in [-0.25, -0.2) is 0 Å². The topological polar surface area (TPSA) is 9.23 Å². The highest BCUT2D eigenvalue weighted by atomic mass is 127. The Hall–Kier alpha value is -0.550. The second-order valence-electron chi connectivity index (χ2n) is 3.80. The minimum atomic E-state index is 0.800. The summed E-state index contributed by atoms with van der Waals surface area (Å²) < 4.78 is 7.08. The third kappa shape index (κ3) is 3.45. The summed E-state index contributed by atoms with van der Waals surface area (Å²) in [5, 5.41) is 0.800. The molecule has 0 bridgehead atoms. The van der Waals surface area contributed by atoms with Gasteiger partial charge in [0.15, 0.2) is 0 Å². The maximum Gasteiger partial charge on any atom is 0.131 e. The summed E-state index contributed by atoms with van der Waals surface area (Å²) in [4.78, 5) is 0. The second kappa shape index (κ2) is 5.87. The quantitative estimate of drug-likeness (QED) is 0.500. The third-order valence-electron chi connectivity index (χ3n) is 2.38. The van der Waals surface area contributed by atoms with Gasteiger partial charge in [-0.2, -0.15) is 0 Å². The lowest BCUT2D eigenvalue weighted by Gasteiger charge is -2.10. The van der Waals surface area contributed by atoms with Crippen LogP contribution in [0, 0.1) is 10.5 Å². The third-order valence-corrected chi connectivity index (χ3v) is 3.66. The van der Waals surface area contributed by atoms with Crippen LogP contribution in [-0.4, -0.2) is 0 Å². The van der Waals surface area contributed by atoms with E-state index in [-0.39, 0.29) is 0 Å². The smallest absolute Gasteiger partial charge is 0.131 e. The number of hydrogen-bond donors (Lipinski definition) is 0. The molecule has 0 aliphatic rings. The van der Waals surface area contributed by atoms with Crippen molar-refractivity contribution in [3.63, 3.8) is 0 Å². The molecular formula is C14H12BrIO. The molecule has 0 aromatic heterocycles. The highest BCUT2D eigenvalue weighted by Crippen LogP contribution is 2.28. The molecule has 0 N–H and O–H groups in total. The Bertz CT molecular complexity index is 525. The van der Waals surface area contributed by atoms with E-state index in [0.29, 0.717) is 0 Å². The van der Waals surface area contributed by atoms with E-state index in [1.54, 1.807) is 0 Å². The Morgan fingerprint density at radius 1 is 1.18 bits per heavy atom. The molecule has 1 nitrogen and oxygen atoms in total. The van der Waals surface area contributed by atoms with Crippen molar-refractivity contribution in [1.82, 2.24) is 0 Å². The first-order chi connectivity index (χ1) is 8.19. The van der Waals surface area contributed by atoms with Crippen molar-refractivity contribution in [2.24, 2.45) is 0 Å². The SMILES string of the molecule is Cc1ccc(Oc2cccc(I)c2)c(CBr)c1. The van der Waals surface area contributed by atoms with E-state index in [1.807, 2.05) is 30.3 Å². The second-order valence-corrected chi connectivity index (χ2v) is 5.61. The van der Waals surface area contributed by atoms with E-state index in [2.05, 4.69) is 57.6 Å². The van der Waals surface area contributed by atoms with E-state index >= 15 is 0 Å². The maximum absolute atomic E-state index is 5.90. The Labute approximate surface area is 123 Å². The fourth-order valence-electron chi connectivity index (χ4n) is 1.57. The first-order valence-electron chi connectivity index (χ1n) is 5.28. The largest absolute Gasteiger partial charge is 0.457 e. The van der Waals surface area contributed by atoms with Gasteiger partial charge < -0.3 is 4.74 Å². The molecule has 2 aromatic carbocycles. The Kier molecular flexibility index (Phi) is 4.45. The zero-order valence-electron chi connectivity index (χ0n) is 9.41. The number of hydrogen-bond acceptors (Lipinski definition) is 1. The standard InChI is InChI=1S/C14H12BrIO/c1-10-5-6-14(11(7-10)9-15)17-13-4-2-3-12(16)8-13/h2-8H,9H2,1H3. The molecule has 0 unspecified atom stereocenters. The van der Waals surface area contributed by atoms with E-state index in [0.717, 1.165) is 16.8 Å². The van der Waals surface area contributed by atoms with Gasteiger partial charge in [-0.3, -0.25) is 0 Å². The summed E-state index contributed by atoms with van der Waals surface area (Å²) in [6, 6.07) is 14.3. The summed E-state index contributed by atoms with van der Waals surface area (Å²) in [6.45, 7) is 2.08. The van der Waals surface area contributed by atoms with Crippen molar-refractivity contribution in [3.8, 4) is 11.5 Å². The molecule has 0 atom stereocenters. The average molecular weight is 403 g/mol. The molecule has 0 saturated heterocycles. The number of rotatable bonds is 3. The molecule has 2 aromatic rings. The van der Waals surface area contributed by atoms with Crippen LogP contribution < -0.4 is 4.74 Å². The molecule has 0 aliphatic carbocycles. The molecule has 88 valence electrons. The van der Waals surface area contributed by atoms with Crippen LogP contribution >= 0.6 is 38.5 Å². The van der Waals surface area contributed by atoms with Gasteiger partial charge in [-0.05, 0) is 53.8 Å². The van der Waals surface area contributed by atoms with Gasteiger partial charge in [0.1, 0.15) is 11.5 Å². The molecule has 17 heavy (non-hydrogen) atoms. The number of halogens is 2. The summed E-state index contributed by atoms with van der Waals surface area (Å²) in [5.74, 6) is 1.79. The molecule has 0 fully saturated rings. The minimum absolute atomic E-state index is 0.800. The molecule has 0 amide bonds. The van der Waals surface area contributed by atoms with Gasteiger partial charge in [0.2, 0.25) is 0 Å². The predicted octanol–water partition coefficient (Wildman–Crippen LogP) is 5.29. The average Bonchev–Trinajstić information content (AvgIpc) is 2.31. The highest BCUT2D eigenvalue weighted by Gasteiger charge is 2.04. The molecular weight excluding hydrogens is 391 g/mol. The van der Waals surface area contributed by atoms with Crippen molar-refractivity contribution in [2.45, 2.75) is 12.3 Å². The Morgan fingerprint density at radius 3 is 2.71 bits per heavy atom. The molecule has 0 aliphatic heterocycles. The van der Waals surface area contributed by atoms with Gasteiger partial charge in [0, 0.05) is 14.5 Å². The molecule has 0 spiro atoms. The predicted molar refractivity (Wildman–Crippen MR) is 83.0 cm³/mol. The first-order valence-corrected chi connectivity index (χ1v) is 7.48. The van der Waals surface area contributed by atoms with E-state index in [1.165, 1.54) is 14.7 Å². The van der Waals surface area contributed by atoms with Gasteiger partial charge in [-0.15, -0.1) is 0 Å². The van der Waals surface area contributed by atoms with Crippen LogP contribution in [0.1, 0.15) is 11.1 Å². The molecule has 0 radical (unpaired) electrons. The molecule has 2 rings (SSSR count). The zero-order chi connectivity index (χ0) is 12.3. The zero-order valence-corrected chi connectivity index (χ0v) is 13.2. The minimum Gasteiger partial charge on any atom is -0.457 e. The highest BCUT2D eigenvalue weighted by molar-refractivity contribution is 14.1. The number of ether oxygens (including phenoxy) is 1. The summed E-state index contributed by atoms with van der Waals surface area (Å²) in [7, 11) is 0. The van der Waals surface area contributed by atoms with Crippen LogP contribution in [-0.2, 0) is 5.33 Å². The van der Waals surface area contributed by atoms with Gasteiger partial charge in [-0.1, -0.05) is 39.7 Å². The van der Waals surface area contributed by atoms with Gasteiger partial charge >= 0.3 is 0 Å². The Balaban J connectivity index is 2.29. The fourth-order valence-corrected chi connectivity index (χ4v) is 2.52. The van der Waals surface area contributed by atoms with Gasteiger partial charge in [0.05, 0.1) is 0 Å². The van der Waals surface area contributed by atoms with Crippen molar-refractivity contribution < 1.29 is 4.74 Å². The normalized spacial score (nSPS) is 10.3. The van der Waals surface area contributed by atoms with Crippen LogP contribution in [0.4, 0.5) is 0 Å². The number of alkyl halides is 1. The lowest BCUT2D eigenvalue weighted by molar-refractivity contribution is 0.478.